The number of anilines is 2. The van der Waals surface area contributed by atoms with Crippen LogP contribution in [0, 0.1) is 0 Å². The number of hydrogen-bond acceptors (Lipinski definition) is 2. The van der Waals surface area contributed by atoms with Gasteiger partial charge in [-0.2, -0.15) is 0 Å². The molecule has 3 heteroatoms. The average molecular weight is 157 g/mol. The molecule has 2 nitrogen and oxygen atoms in total. The van der Waals surface area contributed by atoms with Gasteiger partial charge in [0.05, 0.1) is 18.0 Å². The number of rotatable bonds is 0. The van der Waals surface area contributed by atoms with Gasteiger partial charge < -0.3 is 10.6 Å². The first-order valence-electron chi connectivity index (χ1n) is 3.03. The molecule has 0 spiro atoms. The Morgan fingerprint density at radius 1 is 1.00 bits per heavy atom. The SMILES string of the molecule is Cl.c1ccc2c(c1)NCN2. The second-order valence-corrected chi connectivity index (χ2v) is 2.08. The number of hydrogen-bond donors (Lipinski definition) is 2. The van der Waals surface area contributed by atoms with Gasteiger partial charge >= 0.3 is 0 Å². The van der Waals surface area contributed by atoms with Gasteiger partial charge in [0.15, 0.2) is 0 Å². The molecule has 10 heavy (non-hydrogen) atoms. The molecule has 0 saturated heterocycles. The molecule has 0 aromatic heterocycles. The Labute approximate surface area is 66.0 Å². The van der Waals surface area contributed by atoms with Crippen molar-refractivity contribution in [1.29, 1.82) is 0 Å². The van der Waals surface area contributed by atoms with Crippen LogP contribution >= 0.6 is 12.4 Å². The molecule has 1 heterocycles. The van der Waals surface area contributed by atoms with Gasteiger partial charge in [0, 0.05) is 0 Å². The highest BCUT2D eigenvalue weighted by Gasteiger charge is 2.04. The molecule has 0 amide bonds. The van der Waals surface area contributed by atoms with Gasteiger partial charge in [0.25, 0.3) is 0 Å². The maximum absolute atomic E-state index is 3.19. The van der Waals surface area contributed by atoms with Crippen molar-refractivity contribution >= 4 is 23.8 Å². The normalized spacial score (nSPS) is 12.4. The largest absolute Gasteiger partial charge is 0.366 e. The molecule has 1 aliphatic heterocycles. The van der Waals surface area contributed by atoms with E-state index in [0.717, 1.165) is 6.67 Å². The fourth-order valence-corrected chi connectivity index (χ4v) is 1.03. The van der Waals surface area contributed by atoms with Crippen LogP contribution < -0.4 is 10.6 Å². The van der Waals surface area contributed by atoms with Crippen LogP contribution in [-0.2, 0) is 0 Å². The Balaban J connectivity index is 0.000000500. The van der Waals surface area contributed by atoms with Crippen molar-refractivity contribution < 1.29 is 0 Å². The minimum Gasteiger partial charge on any atom is -0.366 e. The molecule has 0 fully saturated rings. The Hall–Kier alpha value is -0.890. The highest BCUT2D eigenvalue weighted by molar-refractivity contribution is 5.85. The average Bonchev–Trinajstić information content (AvgIpc) is 2.33. The third-order valence-electron chi connectivity index (χ3n) is 1.48. The van der Waals surface area contributed by atoms with Gasteiger partial charge in [-0.05, 0) is 12.1 Å². The molecule has 1 aromatic carbocycles. The summed E-state index contributed by atoms with van der Waals surface area (Å²) in [5.41, 5.74) is 2.41. The quantitative estimate of drug-likeness (QED) is 0.600. The molecule has 0 unspecified atom stereocenters. The number of halogens is 1. The van der Waals surface area contributed by atoms with Crippen molar-refractivity contribution in [3.05, 3.63) is 24.3 Å². The van der Waals surface area contributed by atoms with Gasteiger partial charge in [0.1, 0.15) is 0 Å². The van der Waals surface area contributed by atoms with Gasteiger partial charge in [-0.15, -0.1) is 12.4 Å². The summed E-state index contributed by atoms with van der Waals surface area (Å²) in [7, 11) is 0. The number of fused-ring (bicyclic) bond motifs is 1. The number of benzene rings is 1. The standard InChI is InChI=1S/C7H8N2.ClH/c1-2-4-7-6(3-1)8-5-9-7;/h1-4,8-9H,5H2;1H. The van der Waals surface area contributed by atoms with E-state index in [-0.39, 0.29) is 12.4 Å². The molecule has 0 radical (unpaired) electrons. The number of para-hydroxylation sites is 2. The van der Waals surface area contributed by atoms with Crippen LogP contribution in [0.5, 0.6) is 0 Å². The van der Waals surface area contributed by atoms with Crippen molar-refractivity contribution in [3.63, 3.8) is 0 Å². The highest BCUT2D eigenvalue weighted by atomic mass is 35.5. The summed E-state index contributed by atoms with van der Waals surface area (Å²) >= 11 is 0. The maximum Gasteiger partial charge on any atom is 0.0850 e. The summed E-state index contributed by atoms with van der Waals surface area (Å²) in [4.78, 5) is 0. The van der Waals surface area contributed by atoms with Crippen LogP contribution in [0.25, 0.3) is 0 Å². The van der Waals surface area contributed by atoms with Crippen molar-refractivity contribution in [3.8, 4) is 0 Å². The highest BCUT2D eigenvalue weighted by Crippen LogP contribution is 2.23. The molecule has 2 N–H and O–H groups in total. The zero-order chi connectivity index (χ0) is 6.10. The smallest absolute Gasteiger partial charge is 0.0850 e. The van der Waals surface area contributed by atoms with Crippen molar-refractivity contribution in [1.82, 2.24) is 0 Å². The lowest BCUT2D eigenvalue weighted by molar-refractivity contribution is 1.31. The summed E-state index contributed by atoms with van der Waals surface area (Å²) in [5, 5.41) is 6.38. The van der Waals surface area contributed by atoms with Gasteiger partial charge in [0.2, 0.25) is 0 Å². The van der Waals surface area contributed by atoms with Crippen LogP contribution in [0.2, 0.25) is 0 Å². The molecule has 0 aliphatic carbocycles. The first-order chi connectivity index (χ1) is 4.47. The van der Waals surface area contributed by atoms with E-state index in [1.165, 1.54) is 11.4 Å². The summed E-state index contributed by atoms with van der Waals surface area (Å²) in [5.74, 6) is 0. The van der Waals surface area contributed by atoms with E-state index in [1.54, 1.807) is 0 Å². The van der Waals surface area contributed by atoms with E-state index in [0.29, 0.717) is 0 Å². The third kappa shape index (κ3) is 1.02. The summed E-state index contributed by atoms with van der Waals surface area (Å²) in [6, 6.07) is 8.18. The molecule has 1 aromatic rings. The van der Waals surface area contributed by atoms with E-state index in [4.69, 9.17) is 0 Å². The van der Waals surface area contributed by atoms with E-state index >= 15 is 0 Å². The zero-order valence-corrected chi connectivity index (χ0v) is 6.24. The molecule has 2 rings (SSSR count). The first kappa shape index (κ1) is 7.22. The lowest BCUT2D eigenvalue weighted by atomic mass is 10.3. The summed E-state index contributed by atoms with van der Waals surface area (Å²) in [6.45, 7) is 0.860. The van der Waals surface area contributed by atoms with Crippen LogP contribution in [0.1, 0.15) is 0 Å². The van der Waals surface area contributed by atoms with Crippen molar-refractivity contribution in [2.75, 3.05) is 17.3 Å². The predicted molar refractivity (Wildman–Crippen MR) is 45.8 cm³/mol. The fraction of sp³-hybridized carbons (Fsp3) is 0.143. The van der Waals surface area contributed by atoms with E-state index in [9.17, 15) is 0 Å². The van der Waals surface area contributed by atoms with E-state index < -0.39 is 0 Å². The minimum atomic E-state index is 0. The van der Waals surface area contributed by atoms with Crippen LogP contribution in [-0.4, -0.2) is 6.67 Å². The fourth-order valence-electron chi connectivity index (χ4n) is 1.03. The Morgan fingerprint density at radius 2 is 1.50 bits per heavy atom. The van der Waals surface area contributed by atoms with Crippen molar-refractivity contribution in [2.24, 2.45) is 0 Å². The molecule has 0 atom stereocenters. The Bertz CT molecular complexity index is 202. The predicted octanol–water partition coefficient (Wildman–Crippen LogP) is 1.90. The van der Waals surface area contributed by atoms with Gasteiger partial charge in [-0.25, -0.2) is 0 Å². The van der Waals surface area contributed by atoms with Gasteiger partial charge in [-0.1, -0.05) is 12.1 Å². The minimum absolute atomic E-state index is 0. The Morgan fingerprint density at radius 3 is 2.00 bits per heavy atom. The van der Waals surface area contributed by atoms with Crippen LogP contribution in [0.3, 0.4) is 0 Å². The molecule has 0 bridgehead atoms. The molecular weight excluding hydrogens is 148 g/mol. The van der Waals surface area contributed by atoms with E-state index in [1.807, 2.05) is 12.1 Å². The van der Waals surface area contributed by atoms with Gasteiger partial charge in [-0.3, -0.25) is 0 Å². The number of nitrogens with one attached hydrogen (secondary N) is 2. The molecule has 54 valence electrons. The second kappa shape index (κ2) is 2.80. The summed E-state index contributed by atoms with van der Waals surface area (Å²) in [6.07, 6.45) is 0. The zero-order valence-electron chi connectivity index (χ0n) is 5.42. The first-order valence-corrected chi connectivity index (χ1v) is 3.03. The molecule has 0 saturated carbocycles. The summed E-state index contributed by atoms with van der Waals surface area (Å²) < 4.78 is 0. The third-order valence-corrected chi connectivity index (χ3v) is 1.48. The van der Waals surface area contributed by atoms with Crippen molar-refractivity contribution in [2.45, 2.75) is 0 Å². The molecular formula is C7H9ClN2. The lowest BCUT2D eigenvalue weighted by Gasteiger charge is -1.93. The second-order valence-electron chi connectivity index (χ2n) is 2.08. The Kier molecular flexibility index (Phi) is 2.02. The van der Waals surface area contributed by atoms with Crippen LogP contribution in [0.15, 0.2) is 24.3 Å². The van der Waals surface area contributed by atoms with E-state index in [2.05, 4.69) is 22.8 Å². The lowest BCUT2D eigenvalue weighted by Crippen LogP contribution is -1.98. The monoisotopic (exact) mass is 156 g/mol. The maximum atomic E-state index is 3.19. The topological polar surface area (TPSA) is 24.1 Å². The van der Waals surface area contributed by atoms with Crippen LogP contribution in [0.4, 0.5) is 11.4 Å². The molecule has 1 aliphatic rings.